The highest BCUT2D eigenvalue weighted by Gasteiger charge is 2.25. The summed E-state index contributed by atoms with van der Waals surface area (Å²) in [5.74, 6) is 0.111. The minimum absolute atomic E-state index is 0.111. The minimum atomic E-state index is -0.384. The van der Waals surface area contributed by atoms with Crippen molar-refractivity contribution in [3.63, 3.8) is 0 Å². The molecule has 0 N–H and O–H groups in total. The second-order valence-electron chi connectivity index (χ2n) is 7.05. The van der Waals surface area contributed by atoms with Crippen LogP contribution >= 0.6 is 0 Å². The number of ether oxygens (including phenoxy) is 2. The van der Waals surface area contributed by atoms with Crippen molar-refractivity contribution in [1.82, 2.24) is 9.80 Å². The molecule has 3 rings (SSSR count). The standard InChI is InChI=1S/C20H30N2O3/c1-17(25-16-19-9-5-14-24-19)20(23)22-11-6-10-21(12-13-22)15-18-7-3-2-4-8-18/h2-4,7-8,17,19H,5-6,9-16H2,1H3/t17-,19+/m0/s1. The normalized spacial score (nSPS) is 23.4. The summed E-state index contributed by atoms with van der Waals surface area (Å²) in [6.45, 7) is 7.71. The van der Waals surface area contributed by atoms with E-state index in [1.54, 1.807) is 0 Å². The Morgan fingerprint density at radius 1 is 1.20 bits per heavy atom. The molecule has 2 saturated heterocycles. The Kier molecular flexibility index (Phi) is 6.84. The number of hydrogen-bond donors (Lipinski definition) is 0. The van der Waals surface area contributed by atoms with Crippen molar-refractivity contribution in [1.29, 1.82) is 0 Å². The zero-order valence-corrected chi connectivity index (χ0v) is 15.2. The van der Waals surface area contributed by atoms with E-state index in [9.17, 15) is 4.79 Å². The predicted octanol–water partition coefficient (Wildman–Crippen LogP) is 2.30. The Balaban J connectivity index is 1.44. The first-order valence-corrected chi connectivity index (χ1v) is 9.50. The third-order valence-corrected chi connectivity index (χ3v) is 5.05. The molecule has 0 aromatic heterocycles. The smallest absolute Gasteiger partial charge is 0.251 e. The zero-order valence-electron chi connectivity index (χ0n) is 15.2. The van der Waals surface area contributed by atoms with E-state index in [4.69, 9.17) is 9.47 Å². The molecule has 0 aliphatic carbocycles. The van der Waals surface area contributed by atoms with Crippen LogP contribution in [0.1, 0.15) is 31.7 Å². The topological polar surface area (TPSA) is 42.0 Å². The molecule has 0 radical (unpaired) electrons. The van der Waals surface area contributed by atoms with Gasteiger partial charge < -0.3 is 14.4 Å². The molecule has 5 nitrogen and oxygen atoms in total. The van der Waals surface area contributed by atoms with Gasteiger partial charge in [0.05, 0.1) is 12.7 Å². The molecule has 1 amide bonds. The van der Waals surface area contributed by atoms with E-state index in [0.717, 1.165) is 58.6 Å². The van der Waals surface area contributed by atoms with Gasteiger partial charge in [-0.3, -0.25) is 9.69 Å². The molecule has 0 unspecified atom stereocenters. The molecule has 1 aromatic rings. The first-order valence-electron chi connectivity index (χ1n) is 9.50. The lowest BCUT2D eigenvalue weighted by Crippen LogP contribution is -2.42. The second kappa shape index (κ2) is 9.32. The highest BCUT2D eigenvalue weighted by Crippen LogP contribution is 2.14. The zero-order chi connectivity index (χ0) is 17.5. The monoisotopic (exact) mass is 346 g/mol. The third-order valence-electron chi connectivity index (χ3n) is 5.05. The molecule has 138 valence electrons. The van der Waals surface area contributed by atoms with Gasteiger partial charge in [0.2, 0.25) is 0 Å². The lowest BCUT2D eigenvalue weighted by molar-refractivity contribution is -0.144. The predicted molar refractivity (Wildman–Crippen MR) is 97.3 cm³/mol. The maximum absolute atomic E-state index is 12.7. The average molecular weight is 346 g/mol. The lowest BCUT2D eigenvalue weighted by Gasteiger charge is -2.25. The fourth-order valence-electron chi connectivity index (χ4n) is 3.55. The average Bonchev–Trinajstić information content (AvgIpc) is 3.06. The van der Waals surface area contributed by atoms with Crippen LogP contribution in [0.5, 0.6) is 0 Å². The molecule has 5 heteroatoms. The summed E-state index contributed by atoms with van der Waals surface area (Å²) in [6.07, 6.45) is 2.93. The van der Waals surface area contributed by atoms with Crippen LogP contribution in [0.2, 0.25) is 0 Å². The van der Waals surface area contributed by atoms with Crippen molar-refractivity contribution >= 4 is 5.91 Å². The van der Waals surface area contributed by atoms with Crippen LogP contribution in [-0.2, 0) is 20.8 Å². The van der Waals surface area contributed by atoms with Crippen LogP contribution in [0, 0.1) is 0 Å². The molecule has 0 spiro atoms. The van der Waals surface area contributed by atoms with E-state index in [-0.39, 0.29) is 18.1 Å². The van der Waals surface area contributed by atoms with Crippen molar-refractivity contribution < 1.29 is 14.3 Å². The number of nitrogens with zero attached hydrogens (tertiary/aromatic N) is 2. The molecule has 0 bridgehead atoms. The van der Waals surface area contributed by atoms with Crippen molar-refractivity contribution in [3.05, 3.63) is 35.9 Å². The molecule has 2 aliphatic heterocycles. The molecular weight excluding hydrogens is 316 g/mol. The first kappa shape index (κ1) is 18.4. The molecule has 25 heavy (non-hydrogen) atoms. The Hall–Kier alpha value is -1.43. The van der Waals surface area contributed by atoms with Gasteiger partial charge in [-0.05, 0) is 31.7 Å². The number of carbonyl (C=O) groups excluding carboxylic acids is 1. The lowest BCUT2D eigenvalue weighted by atomic mass is 10.2. The van der Waals surface area contributed by atoms with E-state index in [1.807, 2.05) is 17.9 Å². The summed E-state index contributed by atoms with van der Waals surface area (Å²) < 4.78 is 11.3. The quantitative estimate of drug-likeness (QED) is 0.793. The van der Waals surface area contributed by atoms with Gasteiger partial charge in [0, 0.05) is 39.3 Å². The molecule has 2 atom stereocenters. The van der Waals surface area contributed by atoms with Crippen molar-refractivity contribution in [3.8, 4) is 0 Å². The van der Waals surface area contributed by atoms with E-state index < -0.39 is 0 Å². The van der Waals surface area contributed by atoms with Crippen LogP contribution in [0.3, 0.4) is 0 Å². The van der Waals surface area contributed by atoms with Gasteiger partial charge in [-0.25, -0.2) is 0 Å². The second-order valence-corrected chi connectivity index (χ2v) is 7.05. The largest absolute Gasteiger partial charge is 0.376 e. The molecule has 2 heterocycles. The highest BCUT2D eigenvalue weighted by molar-refractivity contribution is 5.80. The Bertz CT molecular complexity index is 531. The van der Waals surface area contributed by atoms with Crippen molar-refractivity contribution in [2.75, 3.05) is 39.4 Å². The number of hydrogen-bond acceptors (Lipinski definition) is 4. The van der Waals surface area contributed by atoms with Gasteiger partial charge in [0.25, 0.3) is 5.91 Å². The van der Waals surface area contributed by atoms with Gasteiger partial charge >= 0.3 is 0 Å². The van der Waals surface area contributed by atoms with Crippen LogP contribution in [0.25, 0.3) is 0 Å². The number of benzene rings is 1. The SMILES string of the molecule is C[C@H](OC[C@H]1CCCO1)C(=O)N1CCCN(Cc2ccccc2)CC1. The van der Waals surface area contributed by atoms with Crippen LogP contribution in [-0.4, -0.2) is 67.3 Å². The number of amides is 1. The van der Waals surface area contributed by atoms with E-state index in [2.05, 4.69) is 29.2 Å². The van der Waals surface area contributed by atoms with Crippen LogP contribution in [0.15, 0.2) is 30.3 Å². The summed E-state index contributed by atoms with van der Waals surface area (Å²) in [6, 6.07) is 10.5. The summed E-state index contributed by atoms with van der Waals surface area (Å²) in [5.41, 5.74) is 1.33. The summed E-state index contributed by atoms with van der Waals surface area (Å²) in [4.78, 5) is 17.1. The fourth-order valence-corrected chi connectivity index (χ4v) is 3.55. The van der Waals surface area contributed by atoms with E-state index >= 15 is 0 Å². The minimum Gasteiger partial charge on any atom is -0.376 e. The van der Waals surface area contributed by atoms with Gasteiger partial charge in [-0.15, -0.1) is 0 Å². The maximum Gasteiger partial charge on any atom is 0.251 e. The van der Waals surface area contributed by atoms with E-state index in [1.165, 1.54) is 5.56 Å². The summed E-state index contributed by atoms with van der Waals surface area (Å²) >= 11 is 0. The number of carbonyl (C=O) groups is 1. The van der Waals surface area contributed by atoms with Crippen molar-refractivity contribution in [2.24, 2.45) is 0 Å². The third kappa shape index (κ3) is 5.53. The summed E-state index contributed by atoms with van der Waals surface area (Å²) in [5, 5.41) is 0. The van der Waals surface area contributed by atoms with Gasteiger partial charge in [0.15, 0.2) is 0 Å². The first-order chi connectivity index (χ1) is 12.2. The maximum atomic E-state index is 12.7. The van der Waals surface area contributed by atoms with Gasteiger partial charge in [-0.2, -0.15) is 0 Å². The summed E-state index contributed by atoms with van der Waals surface area (Å²) in [7, 11) is 0. The Morgan fingerprint density at radius 3 is 2.80 bits per heavy atom. The van der Waals surface area contributed by atoms with Crippen LogP contribution in [0.4, 0.5) is 0 Å². The highest BCUT2D eigenvalue weighted by atomic mass is 16.5. The van der Waals surface area contributed by atoms with E-state index in [0.29, 0.717) is 6.61 Å². The molecule has 2 fully saturated rings. The molecular formula is C20H30N2O3. The van der Waals surface area contributed by atoms with Crippen LogP contribution < -0.4 is 0 Å². The van der Waals surface area contributed by atoms with Gasteiger partial charge in [0.1, 0.15) is 6.10 Å². The van der Waals surface area contributed by atoms with Crippen molar-refractivity contribution in [2.45, 2.75) is 44.9 Å². The Labute approximate surface area is 150 Å². The number of rotatable bonds is 6. The van der Waals surface area contributed by atoms with Gasteiger partial charge in [-0.1, -0.05) is 30.3 Å². The molecule has 1 aromatic carbocycles. The fraction of sp³-hybridized carbons (Fsp3) is 0.650. The molecule has 2 aliphatic rings. The Morgan fingerprint density at radius 2 is 2.04 bits per heavy atom. The molecule has 0 saturated carbocycles.